The molecule has 29 heavy (non-hydrogen) atoms. The summed E-state index contributed by atoms with van der Waals surface area (Å²) in [5.41, 5.74) is 3.59. The number of benzene rings is 2. The SMILES string of the molecule is CCCNC(=O)C(C)OC(=O)c1cn(-c2ccc(C)cc2)nc1-c1ccccc1. The van der Waals surface area contributed by atoms with Crippen molar-refractivity contribution in [1.82, 2.24) is 15.1 Å². The van der Waals surface area contributed by atoms with Crippen LogP contribution in [0.5, 0.6) is 0 Å². The van der Waals surface area contributed by atoms with E-state index in [1.165, 1.54) is 0 Å². The van der Waals surface area contributed by atoms with Gasteiger partial charge in [0.05, 0.1) is 5.69 Å². The molecule has 3 rings (SSSR count). The highest BCUT2D eigenvalue weighted by atomic mass is 16.5. The van der Waals surface area contributed by atoms with Crippen LogP contribution in [0.15, 0.2) is 60.8 Å². The Bertz CT molecular complexity index is 978. The van der Waals surface area contributed by atoms with E-state index >= 15 is 0 Å². The summed E-state index contributed by atoms with van der Waals surface area (Å²) in [6, 6.07) is 17.3. The number of ether oxygens (including phenoxy) is 1. The molecule has 0 saturated carbocycles. The summed E-state index contributed by atoms with van der Waals surface area (Å²) in [5, 5.41) is 7.35. The summed E-state index contributed by atoms with van der Waals surface area (Å²) in [6.45, 7) is 6.08. The van der Waals surface area contributed by atoms with E-state index in [2.05, 4.69) is 10.4 Å². The molecule has 0 aliphatic rings. The molecule has 0 saturated heterocycles. The molecule has 0 aliphatic carbocycles. The fourth-order valence-corrected chi connectivity index (χ4v) is 2.83. The molecule has 6 heteroatoms. The van der Waals surface area contributed by atoms with Crippen LogP contribution in [-0.4, -0.2) is 34.3 Å². The van der Waals surface area contributed by atoms with E-state index < -0.39 is 12.1 Å². The third-order valence-corrected chi connectivity index (χ3v) is 4.48. The van der Waals surface area contributed by atoms with Crippen molar-refractivity contribution in [2.75, 3.05) is 6.54 Å². The van der Waals surface area contributed by atoms with Crippen LogP contribution in [-0.2, 0) is 9.53 Å². The Balaban J connectivity index is 1.92. The average Bonchev–Trinajstić information content (AvgIpc) is 3.18. The predicted octanol–water partition coefficient (Wildman–Crippen LogP) is 3.92. The molecular weight excluding hydrogens is 366 g/mol. The smallest absolute Gasteiger partial charge is 0.342 e. The van der Waals surface area contributed by atoms with Crippen LogP contribution in [0.4, 0.5) is 0 Å². The Hall–Kier alpha value is -3.41. The third kappa shape index (κ3) is 4.90. The first-order valence-corrected chi connectivity index (χ1v) is 9.70. The van der Waals surface area contributed by atoms with Gasteiger partial charge in [-0.05, 0) is 32.4 Å². The van der Waals surface area contributed by atoms with Crippen molar-refractivity contribution in [2.45, 2.75) is 33.3 Å². The lowest BCUT2D eigenvalue weighted by Gasteiger charge is -2.13. The molecule has 1 amide bonds. The Morgan fingerprint density at radius 2 is 1.79 bits per heavy atom. The van der Waals surface area contributed by atoms with Crippen LogP contribution in [0.3, 0.4) is 0 Å². The Morgan fingerprint density at radius 3 is 2.45 bits per heavy atom. The van der Waals surface area contributed by atoms with Crippen molar-refractivity contribution < 1.29 is 14.3 Å². The zero-order valence-corrected chi connectivity index (χ0v) is 16.9. The molecule has 1 unspecified atom stereocenters. The first-order valence-electron chi connectivity index (χ1n) is 9.70. The minimum atomic E-state index is -0.889. The van der Waals surface area contributed by atoms with Gasteiger partial charge in [0.1, 0.15) is 11.3 Å². The highest BCUT2D eigenvalue weighted by Crippen LogP contribution is 2.25. The minimum Gasteiger partial charge on any atom is -0.449 e. The normalized spacial score (nSPS) is 11.7. The standard InChI is InChI=1S/C23H25N3O3/c1-4-14-24-22(27)17(3)29-23(28)20-15-26(19-12-10-16(2)11-13-19)25-21(20)18-8-6-5-7-9-18/h5-13,15,17H,4,14H2,1-3H3,(H,24,27). The Kier molecular flexibility index (Phi) is 6.44. The number of carbonyl (C=O) groups excluding carboxylic acids is 2. The molecule has 1 N–H and O–H groups in total. The van der Waals surface area contributed by atoms with Gasteiger partial charge in [0.15, 0.2) is 6.10 Å². The van der Waals surface area contributed by atoms with Crippen molar-refractivity contribution in [2.24, 2.45) is 0 Å². The molecule has 1 heterocycles. The van der Waals surface area contributed by atoms with Crippen molar-refractivity contribution in [3.63, 3.8) is 0 Å². The van der Waals surface area contributed by atoms with E-state index in [1.807, 2.05) is 68.4 Å². The van der Waals surface area contributed by atoms with Gasteiger partial charge in [0, 0.05) is 18.3 Å². The molecule has 3 aromatic rings. The molecule has 0 bridgehead atoms. The average molecular weight is 391 g/mol. The maximum absolute atomic E-state index is 12.9. The zero-order chi connectivity index (χ0) is 20.8. The number of amides is 1. The highest BCUT2D eigenvalue weighted by molar-refractivity contribution is 5.97. The van der Waals surface area contributed by atoms with Crippen LogP contribution in [0, 0.1) is 6.92 Å². The second kappa shape index (κ2) is 9.19. The summed E-state index contributed by atoms with van der Waals surface area (Å²) in [6.07, 6.45) is 1.57. The van der Waals surface area contributed by atoms with Gasteiger partial charge < -0.3 is 10.1 Å². The lowest BCUT2D eigenvalue weighted by molar-refractivity contribution is -0.129. The van der Waals surface area contributed by atoms with E-state index in [9.17, 15) is 9.59 Å². The van der Waals surface area contributed by atoms with Gasteiger partial charge in [-0.15, -0.1) is 0 Å². The fraction of sp³-hybridized carbons (Fsp3) is 0.261. The second-order valence-corrected chi connectivity index (χ2v) is 6.88. The quantitative estimate of drug-likeness (QED) is 0.620. The summed E-state index contributed by atoms with van der Waals surface area (Å²) in [4.78, 5) is 24.9. The highest BCUT2D eigenvalue weighted by Gasteiger charge is 2.24. The van der Waals surface area contributed by atoms with Crippen molar-refractivity contribution in [1.29, 1.82) is 0 Å². The first kappa shape index (κ1) is 20.3. The van der Waals surface area contributed by atoms with Crippen molar-refractivity contribution >= 4 is 11.9 Å². The molecular formula is C23H25N3O3. The van der Waals surface area contributed by atoms with Crippen molar-refractivity contribution in [3.8, 4) is 16.9 Å². The summed E-state index contributed by atoms with van der Waals surface area (Å²) < 4.78 is 7.07. The Morgan fingerprint density at radius 1 is 1.10 bits per heavy atom. The molecule has 6 nitrogen and oxygen atoms in total. The zero-order valence-electron chi connectivity index (χ0n) is 16.9. The van der Waals surface area contributed by atoms with Gasteiger partial charge in [0.2, 0.25) is 0 Å². The topological polar surface area (TPSA) is 73.2 Å². The molecule has 0 fully saturated rings. The molecule has 0 aliphatic heterocycles. The van der Waals surface area contributed by atoms with Crippen LogP contribution in [0.1, 0.15) is 36.2 Å². The lowest BCUT2D eigenvalue weighted by atomic mass is 10.1. The van der Waals surface area contributed by atoms with E-state index in [0.29, 0.717) is 17.8 Å². The van der Waals surface area contributed by atoms with Gasteiger partial charge in [-0.3, -0.25) is 4.79 Å². The number of rotatable bonds is 7. The fourth-order valence-electron chi connectivity index (χ4n) is 2.83. The van der Waals surface area contributed by atoms with Gasteiger partial charge >= 0.3 is 5.97 Å². The molecule has 0 radical (unpaired) electrons. The van der Waals surface area contributed by atoms with Gasteiger partial charge in [0.25, 0.3) is 5.91 Å². The van der Waals surface area contributed by atoms with E-state index in [0.717, 1.165) is 23.2 Å². The number of aromatic nitrogens is 2. The predicted molar refractivity (Wildman–Crippen MR) is 112 cm³/mol. The number of nitrogens with zero attached hydrogens (tertiary/aromatic N) is 2. The maximum Gasteiger partial charge on any atom is 0.342 e. The van der Waals surface area contributed by atoms with Crippen LogP contribution >= 0.6 is 0 Å². The summed E-state index contributed by atoms with van der Waals surface area (Å²) >= 11 is 0. The lowest BCUT2D eigenvalue weighted by Crippen LogP contribution is -2.36. The maximum atomic E-state index is 12.9. The number of aryl methyl sites for hydroxylation is 1. The Labute approximate surface area is 170 Å². The minimum absolute atomic E-state index is 0.312. The number of hydrogen-bond acceptors (Lipinski definition) is 4. The number of esters is 1. The molecule has 0 spiro atoms. The monoisotopic (exact) mass is 391 g/mol. The van der Waals surface area contributed by atoms with Gasteiger partial charge in [-0.25, -0.2) is 9.48 Å². The first-order chi connectivity index (χ1) is 14.0. The third-order valence-electron chi connectivity index (χ3n) is 4.48. The molecule has 1 atom stereocenters. The molecule has 150 valence electrons. The van der Waals surface area contributed by atoms with Gasteiger partial charge in [-0.1, -0.05) is 55.0 Å². The van der Waals surface area contributed by atoms with E-state index in [-0.39, 0.29) is 5.91 Å². The van der Waals surface area contributed by atoms with Gasteiger partial charge in [-0.2, -0.15) is 5.10 Å². The molecule has 2 aromatic carbocycles. The summed E-state index contributed by atoms with van der Waals surface area (Å²) in [7, 11) is 0. The van der Waals surface area contributed by atoms with Crippen LogP contribution in [0.2, 0.25) is 0 Å². The van der Waals surface area contributed by atoms with Crippen LogP contribution in [0.25, 0.3) is 16.9 Å². The number of nitrogens with one attached hydrogen (secondary N) is 1. The number of carbonyl (C=O) groups is 2. The van der Waals surface area contributed by atoms with E-state index in [4.69, 9.17) is 4.74 Å². The van der Waals surface area contributed by atoms with E-state index in [1.54, 1.807) is 17.8 Å². The largest absolute Gasteiger partial charge is 0.449 e. The summed E-state index contributed by atoms with van der Waals surface area (Å²) in [5.74, 6) is -0.895. The second-order valence-electron chi connectivity index (χ2n) is 6.88. The van der Waals surface area contributed by atoms with Crippen molar-refractivity contribution in [3.05, 3.63) is 71.9 Å². The number of hydrogen-bond donors (Lipinski definition) is 1. The van der Waals surface area contributed by atoms with Crippen LogP contribution < -0.4 is 5.32 Å². The molecule has 1 aromatic heterocycles.